The average Bonchev–Trinajstić information content (AvgIpc) is 2.47. The lowest BCUT2D eigenvalue weighted by molar-refractivity contribution is 0.393. The van der Waals surface area contributed by atoms with Gasteiger partial charge < -0.3 is 0 Å². The molecule has 2 aromatic carbocycles. The average molecular weight is 299 g/mol. The molecular formula is C17H15Br. The van der Waals surface area contributed by atoms with Crippen molar-refractivity contribution < 1.29 is 0 Å². The van der Waals surface area contributed by atoms with Gasteiger partial charge in [-0.25, -0.2) is 0 Å². The van der Waals surface area contributed by atoms with Crippen molar-refractivity contribution in [3.63, 3.8) is 0 Å². The Labute approximate surface area is 116 Å². The summed E-state index contributed by atoms with van der Waals surface area (Å²) in [5, 5.41) is 1.11. The third kappa shape index (κ3) is 1.31. The molecule has 0 nitrogen and oxygen atoms in total. The van der Waals surface area contributed by atoms with Crippen molar-refractivity contribution in [1.29, 1.82) is 0 Å². The van der Waals surface area contributed by atoms with Gasteiger partial charge in [-0.05, 0) is 34.6 Å². The van der Waals surface area contributed by atoms with Gasteiger partial charge in [0.05, 0.1) is 0 Å². The predicted molar refractivity (Wildman–Crippen MR) is 78.5 cm³/mol. The highest BCUT2D eigenvalue weighted by Crippen LogP contribution is 2.55. The highest BCUT2D eigenvalue weighted by Gasteiger charge is 2.42. The van der Waals surface area contributed by atoms with Crippen LogP contribution in [0.4, 0.5) is 0 Å². The lowest BCUT2D eigenvalue weighted by atomic mass is 9.60. The zero-order valence-electron chi connectivity index (χ0n) is 10.1. The molecule has 3 aliphatic carbocycles. The third-order valence-corrected chi connectivity index (χ3v) is 5.45. The first kappa shape index (κ1) is 10.8. The molecule has 0 aliphatic heterocycles. The Bertz CT molecular complexity index is 555. The van der Waals surface area contributed by atoms with Crippen LogP contribution in [-0.2, 0) is 0 Å². The summed E-state index contributed by atoms with van der Waals surface area (Å²) in [6.07, 6.45) is 1.30. The number of fused-ring (bicyclic) bond motifs is 1. The summed E-state index contributed by atoms with van der Waals surface area (Å²) in [5.74, 6) is 1.96. The van der Waals surface area contributed by atoms with E-state index < -0.39 is 0 Å². The zero-order chi connectivity index (χ0) is 12.1. The van der Waals surface area contributed by atoms with Gasteiger partial charge in [0.25, 0.3) is 0 Å². The molecule has 18 heavy (non-hydrogen) atoms. The Morgan fingerprint density at radius 3 is 1.83 bits per heavy atom. The minimum absolute atomic E-state index is 0.599. The van der Waals surface area contributed by atoms with E-state index in [1.54, 1.807) is 22.3 Å². The van der Waals surface area contributed by atoms with Crippen molar-refractivity contribution in [3.05, 3.63) is 70.8 Å². The van der Waals surface area contributed by atoms with Gasteiger partial charge in [0, 0.05) is 17.2 Å². The Morgan fingerprint density at radius 2 is 1.33 bits per heavy atom. The Hall–Kier alpha value is -1.08. The van der Waals surface area contributed by atoms with Crippen LogP contribution >= 0.6 is 15.9 Å². The first-order valence-corrected chi connectivity index (χ1v) is 7.76. The molecule has 0 spiro atoms. The number of halogens is 1. The van der Waals surface area contributed by atoms with E-state index in [9.17, 15) is 0 Å². The molecule has 0 saturated heterocycles. The molecule has 1 heteroatoms. The smallest absolute Gasteiger partial charge is 0.0132 e. The van der Waals surface area contributed by atoms with Gasteiger partial charge in [0.15, 0.2) is 0 Å². The van der Waals surface area contributed by atoms with E-state index in [1.807, 2.05) is 0 Å². The van der Waals surface area contributed by atoms with E-state index >= 15 is 0 Å². The van der Waals surface area contributed by atoms with Crippen LogP contribution in [0, 0.1) is 5.92 Å². The highest BCUT2D eigenvalue weighted by molar-refractivity contribution is 9.09. The maximum absolute atomic E-state index is 3.72. The van der Waals surface area contributed by atoms with Gasteiger partial charge in [0.2, 0.25) is 0 Å². The second-order valence-corrected chi connectivity index (χ2v) is 6.09. The number of hydrogen-bond donors (Lipinski definition) is 0. The molecule has 1 atom stereocenters. The van der Waals surface area contributed by atoms with E-state index in [-0.39, 0.29) is 0 Å². The summed E-state index contributed by atoms with van der Waals surface area (Å²) in [7, 11) is 0. The lowest BCUT2D eigenvalue weighted by Crippen LogP contribution is -2.32. The second kappa shape index (κ2) is 3.96. The minimum atomic E-state index is 0.599. The Morgan fingerprint density at radius 1 is 0.833 bits per heavy atom. The molecule has 0 saturated carbocycles. The van der Waals surface area contributed by atoms with E-state index in [0.29, 0.717) is 11.8 Å². The van der Waals surface area contributed by atoms with E-state index in [0.717, 1.165) is 11.2 Å². The van der Waals surface area contributed by atoms with Crippen LogP contribution in [0.15, 0.2) is 48.5 Å². The maximum Gasteiger partial charge on any atom is 0.0132 e. The van der Waals surface area contributed by atoms with Gasteiger partial charge in [-0.15, -0.1) is 0 Å². The number of benzene rings is 2. The van der Waals surface area contributed by atoms with Crippen molar-refractivity contribution in [1.82, 2.24) is 0 Å². The fourth-order valence-corrected chi connectivity index (χ4v) is 4.55. The van der Waals surface area contributed by atoms with Gasteiger partial charge in [-0.2, -0.15) is 0 Å². The van der Waals surface area contributed by atoms with Crippen LogP contribution in [-0.4, -0.2) is 5.33 Å². The normalized spacial score (nSPS) is 27.7. The molecule has 0 heterocycles. The molecule has 0 radical (unpaired) electrons. The molecule has 3 aliphatic rings. The molecule has 2 bridgehead atoms. The van der Waals surface area contributed by atoms with Crippen LogP contribution < -0.4 is 0 Å². The zero-order valence-corrected chi connectivity index (χ0v) is 11.7. The highest BCUT2D eigenvalue weighted by atomic mass is 79.9. The summed E-state index contributed by atoms with van der Waals surface area (Å²) < 4.78 is 0. The molecular weight excluding hydrogens is 284 g/mol. The fourth-order valence-electron chi connectivity index (χ4n) is 3.91. The first-order valence-electron chi connectivity index (χ1n) is 6.63. The monoisotopic (exact) mass is 298 g/mol. The molecule has 0 amide bonds. The maximum atomic E-state index is 3.72. The van der Waals surface area contributed by atoms with E-state index in [2.05, 4.69) is 64.5 Å². The Balaban J connectivity index is 2.00. The molecule has 90 valence electrons. The molecule has 0 unspecified atom stereocenters. The summed E-state index contributed by atoms with van der Waals surface area (Å²) in [4.78, 5) is 0. The standard InChI is InChI=1S/C17H15Br/c18-10-11-9-16-12-5-1-3-7-14(12)17(11)15-8-4-2-6-13(15)16/h1-8,11,16-17H,9-10H2/t11-,16?,17?/m0/s1. The van der Waals surface area contributed by atoms with Crippen LogP contribution in [0.25, 0.3) is 0 Å². The Kier molecular flexibility index (Phi) is 2.38. The van der Waals surface area contributed by atoms with Crippen LogP contribution in [0.5, 0.6) is 0 Å². The van der Waals surface area contributed by atoms with Crippen molar-refractivity contribution in [2.45, 2.75) is 18.3 Å². The van der Waals surface area contributed by atoms with E-state index in [4.69, 9.17) is 0 Å². The summed E-state index contributed by atoms with van der Waals surface area (Å²) >= 11 is 3.72. The fraction of sp³-hybridized carbons (Fsp3) is 0.294. The van der Waals surface area contributed by atoms with Crippen molar-refractivity contribution in [2.24, 2.45) is 5.92 Å². The first-order chi connectivity index (χ1) is 8.90. The van der Waals surface area contributed by atoms with Gasteiger partial charge >= 0.3 is 0 Å². The van der Waals surface area contributed by atoms with Crippen LogP contribution in [0.2, 0.25) is 0 Å². The summed E-state index contributed by atoms with van der Waals surface area (Å²) in [6, 6.07) is 18.1. The second-order valence-electron chi connectivity index (χ2n) is 5.44. The third-order valence-electron chi connectivity index (χ3n) is 4.62. The van der Waals surface area contributed by atoms with Gasteiger partial charge in [0.1, 0.15) is 0 Å². The van der Waals surface area contributed by atoms with Gasteiger partial charge in [-0.1, -0.05) is 64.5 Å². The quantitative estimate of drug-likeness (QED) is 0.671. The molecule has 0 aromatic heterocycles. The number of alkyl halides is 1. The molecule has 0 fully saturated rings. The minimum Gasteiger partial charge on any atom is -0.0925 e. The van der Waals surface area contributed by atoms with Crippen LogP contribution in [0.3, 0.4) is 0 Å². The number of hydrogen-bond acceptors (Lipinski definition) is 0. The largest absolute Gasteiger partial charge is 0.0925 e. The lowest BCUT2D eigenvalue weighted by Gasteiger charge is -2.45. The number of rotatable bonds is 1. The van der Waals surface area contributed by atoms with Crippen molar-refractivity contribution in [3.8, 4) is 0 Å². The molecule has 5 rings (SSSR count). The SMILES string of the molecule is BrC[C@@H]1CC2c3ccccc3C1c1ccccc12. The molecule has 0 N–H and O–H groups in total. The predicted octanol–water partition coefficient (Wildman–Crippen LogP) is 4.68. The summed E-state index contributed by atoms with van der Waals surface area (Å²) in [5.41, 5.74) is 6.27. The molecule has 2 aromatic rings. The van der Waals surface area contributed by atoms with E-state index in [1.165, 1.54) is 6.42 Å². The summed E-state index contributed by atoms with van der Waals surface area (Å²) in [6.45, 7) is 0. The van der Waals surface area contributed by atoms with Crippen molar-refractivity contribution >= 4 is 15.9 Å². The topological polar surface area (TPSA) is 0 Å². The van der Waals surface area contributed by atoms with Gasteiger partial charge in [-0.3, -0.25) is 0 Å². The van der Waals surface area contributed by atoms with Crippen molar-refractivity contribution in [2.75, 3.05) is 5.33 Å². The van der Waals surface area contributed by atoms with Crippen LogP contribution in [0.1, 0.15) is 40.5 Å².